The van der Waals surface area contributed by atoms with Gasteiger partial charge in [0.15, 0.2) is 0 Å². The zero-order valence-corrected chi connectivity index (χ0v) is 84.0. The Labute approximate surface area is 755 Å². The number of nitrogens with zero attached hydrogens (tertiary/aromatic N) is 10. The second kappa shape index (κ2) is 92.7. The lowest BCUT2D eigenvalue weighted by molar-refractivity contribution is -0.143. The molecule has 0 radical (unpaired) electrons. The van der Waals surface area contributed by atoms with Crippen LogP contribution < -0.4 is 0 Å². The van der Waals surface area contributed by atoms with Crippen molar-refractivity contribution in [2.24, 2.45) is 11.8 Å². The molecule has 0 saturated carbocycles. The Balaban J connectivity index is -0.000000473. The number of hydrogen-bond donors (Lipinski definition) is 0. The van der Waals surface area contributed by atoms with Crippen molar-refractivity contribution >= 4 is 59.1 Å². The molecule has 25 nitrogen and oxygen atoms in total. The maximum Gasteiger partial charge on any atom is 0.248 e. The number of ether oxygens (including phenoxy) is 5. The van der Waals surface area contributed by atoms with E-state index in [2.05, 4.69) is 83.1 Å². The van der Waals surface area contributed by atoms with Crippen molar-refractivity contribution in [3.05, 3.63) is 0 Å². The summed E-state index contributed by atoms with van der Waals surface area (Å²) in [7, 11) is 14.4. The van der Waals surface area contributed by atoms with Crippen LogP contribution in [0, 0.1) is 11.8 Å². The summed E-state index contributed by atoms with van der Waals surface area (Å²) in [5.41, 5.74) is 0. The van der Waals surface area contributed by atoms with Crippen LogP contribution >= 0.6 is 0 Å². The molecule has 0 aliphatic carbocycles. The first-order chi connectivity index (χ1) is 59.1. The van der Waals surface area contributed by atoms with E-state index in [4.69, 9.17) is 23.7 Å². The van der Waals surface area contributed by atoms with Crippen LogP contribution in [0.25, 0.3) is 0 Å². The predicted molar refractivity (Wildman–Crippen MR) is 509 cm³/mol. The summed E-state index contributed by atoms with van der Waals surface area (Å²) < 4.78 is 26.6. The third kappa shape index (κ3) is 79.6. The quantitative estimate of drug-likeness (QED) is 0.0514. The molecule has 0 heterocycles. The molecule has 0 bridgehead atoms. The van der Waals surface area contributed by atoms with Gasteiger partial charge in [-0.15, -0.1) is 0 Å². The Morgan fingerprint density at radius 3 is 0.537 bits per heavy atom. The van der Waals surface area contributed by atoms with Crippen LogP contribution in [0.15, 0.2) is 0 Å². The van der Waals surface area contributed by atoms with Crippen LogP contribution in [0.3, 0.4) is 0 Å². The minimum Gasteiger partial charge on any atom is -0.362 e. The van der Waals surface area contributed by atoms with Gasteiger partial charge in [0.25, 0.3) is 0 Å². The van der Waals surface area contributed by atoms with Crippen LogP contribution in [0.4, 0.5) is 0 Å². The van der Waals surface area contributed by atoms with Gasteiger partial charge in [0, 0.05) is 135 Å². The average Bonchev–Trinajstić information content (AvgIpc) is 0.967. The maximum atomic E-state index is 12.2. The van der Waals surface area contributed by atoms with Crippen molar-refractivity contribution in [2.75, 3.05) is 201 Å². The molecule has 0 N–H and O–H groups in total. The van der Waals surface area contributed by atoms with E-state index < -0.39 is 0 Å². The number of carbonyl (C=O) groups is 10. The standard InChI is InChI=1S/2C22H44N2O3.C20H40N2O3.C18H36N2O3.C16H32N2O3/c1-7-11-13-19(9-3)15-23(5)21(25)17-27-18-22(26)24(6)16-20(10-4)14-12-8-2;1-5-7-9-11-13-15-17-23(3)21(25)19-27-20-22(26)24(4)18-16-14-12-10-8-6-2;1-5-9-11-13-15-21(7-3)19(23)17-25-18-20(24)22(8-4)16-14-12-10-6-2;1-5-7-9-11-13-19(3)17(21)15-23-16-18(22)20(4)14-12-10-8-6-2;1-5-7-9-11-17(3)15(19)13-21-14-16(20)18(4)12-10-8-6-2/h19-20H,7-18H2,1-6H3;5-20H2,1-4H3;5-18H2,1-4H3;5-16H2,1-4H3;5-14H2,1-4H3. The number of amides is 10. The van der Waals surface area contributed by atoms with E-state index in [1.54, 1.807) is 67.4 Å². The molecule has 0 spiro atoms. The molecule has 2 unspecified atom stereocenters. The van der Waals surface area contributed by atoms with Crippen LogP contribution in [0.1, 0.15) is 367 Å². The van der Waals surface area contributed by atoms with E-state index in [1.807, 2.05) is 51.8 Å². The summed E-state index contributed by atoms with van der Waals surface area (Å²) in [5, 5.41) is 0. The van der Waals surface area contributed by atoms with E-state index in [-0.39, 0.29) is 125 Å². The Morgan fingerprint density at radius 2 is 0.341 bits per heavy atom. The molecule has 0 aliphatic heterocycles. The monoisotopic (exact) mass is 1750 g/mol. The van der Waals surface area contributed by atoms with Crippen molar-refractivity contribution in [1.29, 1.82) is 0 Å². The summed E-state index contributed by atoms with van der Waals surface area (Å²) in [6.45, 7) is 39.0. The summed E-state index contributed by atoms with van der Waals surface area (Å²) in [6.07, 6.45) is 48.7. The molecule has 728 valence electrons. The van der Waals surface area contributed by atoms with E-state index in [0.29, 0.717) is 24.9 Å². The zero-order valence-electron chi connectivity index (χ0n) is 84.0. The second-order valence-electron chi connectivity index (χ2n) is 33.9. The van der Waals surface area contributed by atoms with Gasteiger partial charge < -0.3 is 72.7 Å². The SMILES string of the molecule is CCCCC(CC)CN(C)C(=O)COCC(=O)N(C)CC(CC)CCCC.CCCCCCCCN(C)C(=O)COCC(=O)N(C)CCCCCCCC.CCCCCCN(C)C(=O)COCC(=O)N(C)CCCCCC.CCCCCCN(CC)C(=O)COCC(=O)N(CC)CCCCCC.CCCCCN(C)C(=O)COCC(=O)N(C)CCCCC. The minimum absolute atomic E-state index is 0.000741. The number of likely N-dealkylation sites (N-methyl/N-ethyl adjacent to an activating group) is 10. The molecule has 123 heavy (non-hydrogen) atoms. The van der Waals surface area contributed by atoms with Gasteiger partial charge in [-0.05, 0) is 89.9 Å². The third-order valence-electron chi connectivity index (χ3n) is 22.4. The highest BCUT2D eigenvalue weighted by atomic mass is 16.5. The molecule has 10 amide bonds. The number of rotatable bonds is 76. The Hall–Kier alpha value is -5.50. The molecular formula is C98H196N10O15. The predicted octanol–water partition coefficient (Wildman–Crippen LogP) is 18.2. The summed E-state index contributed by atoms with van der Waals surface area (Å²) in [5.74, 6) is 0.631. The number of unbranched alkanes of at least 4 members (excludes halogenated alkanes) is 28. The summed E-state index contributed by atoms with van der Waals surface area (Å²) >= 11 is 0. The van der Waals surface area contributed by atoms with Crippen molar-refractivity contribution in [3.63, 3.8) is 0 Å². The first kappa shape index (κ1) is 126. The van der Waals surface area contributed by atoms with Crippen LogP contribution in [0.2, 0.25) is 0 Å². The molecule has 0 aliphatic rings. The lowest BCUT2D eigenvalue weighted by Gasteiger charge is -2.24. The largest absolute Gasteiger partial charge is 0.362 e. The molecule has 0 fully saturated rings. The second-order valence-corrected chi connectivity index (χ2v) is 33.9. The molecule has 0 aromatic rings. The lowest BCUT2D eigenvalue weighted by Crippen LogP contribution is -2.38. The minimum atomic E-state index is -0.0625. The molecule has 0 saturated heterocycles. The van der Waals surface area contributed by atoms with E-state index in [0.717, 1.165) is 194 Å². The number of carbonyl (C=O) groups excluding carboxylic acids is 10. The van der Waals surface area contributed by atoms with Gasteiger partial charge in [0.2, 0.25) is 59.1 Å². The first-order valence-corrected chi connectivity index (χ1v) is 49.4. The number of hydrogen-bond acceptors (Lipinski definition) is 15. The molecule has 0 aromatic heterocycles. The lowest BCUT2D eigenvalue weighted by atomic mass is 9.99. The van der Waals surface area contributed by atoms with Crippen LogP contribution in [-0.2, 0) is 71.6 Å². The smallest absolute Gasteiger partial charge is 0.248 e. The normalized spacial score (nSPS) is 11.2. The Kier molecular flexibility index (Phi) is 94.9. The van der Waals surface area contributed by atoms with Crippen LogP contribution in [0.5, 0.6) is 0 Å². The molecule has 25 heteroatoms. The third-order valence-corrected chi connectivity index (χ3v) is 22.4. The van der Waals surface area contributed by atoms with Gasteiger partial charge in [-0.3, -0.25) is 47.9 Å². The van der Waals surface area contributed by atoms with Gasteiger partial charge in [-0.1, -0.05) is 289 Å². The summed E-state index contributed by atoms with van der Waals surface area (Å²) in [6, 6.07) is 0. The van der Waals surface area contributed by atoms with Gasteiger partial charge in [0.1, 0.15) is 66.1 Å². The fourth-order valence-electron chi connectivity index (χ4n) is 13.1. The molecular weight excluding hydrogens is 1560 g/mol. The van der Waals surface area contributed by atoms with Gasteiger partial charge >= 0.3 is 0 Å². The first-order valence-electron chi connectivity index (χ1n) is 49.4. The Bertz CT molecular complexity index is 2340. The summed E-state index contributed by atoms with van der Waals surface area (Å²) in [4.78, 5) is 137. The van der Waals surface area contributed by atoms with Crippen molar-refractivity contribution < 1.29 is 71.6 Å². The topological polar surface area (TPSA) is 249 Å². The fourth-order valence-corrected chi connectivity index (χ4v) is 13.1. The zero-order chi connectivity index (χ0) is 93.5. The highest BCUT2D eigenvalue weighted by Crippen LogP contribution is 2.17. The van der Waals surface area contributed by atoms with E-state index >= 15 is 0 Å². The van der Waals surface area contributed by atoms with Gasteiger partial charge in [-0.25, -0.2) is 0 Å². The molecule has 0 rings (SSSR count). The van der Waals surface area contributed by atoms with Crippen LogP contribution in [-0.4, -0.2) is 309 Å². The van der Waals surface area contributed by atoms with E-state index in [9.17, 15) is 47.9 Å². The maximum absolute atomic E-state index is 12.2. The van der Waals surface area contributed by atoms with Gasteiger partial charge in [-0.2, -0.15) is 0 Å². The van der Waals surface area contributed by atoms with Crippen molar-refractivity contribution in [3.8, 4) is 0 Å². The van der Waals surface area contributed by atoms with Crippen molar-refractivity contribution in [1.82, 2.24) is 49.0 Å². The highest BCUT2D eigenvalue weighted by Gasteiger charge is 2.21. The fraction of sp³-hybridized carbons (Fsp3) is 0.898. The van der Waals surface area contributed by atoms with Gasteiger partial charge in [0.05, 0.1) is 0 Å². The molecule has 2 atom stereocenters. The Morgan fingerprint density at radius 1 is 0.187 bits per heavy atom. The highest BCUT2D eigenvalue weighted by molar-refractivity contribution is 5.82. The molecule has 0 aromatic carbocycles. The van der Waals surface area contributed by atoms with Crippen molar-refractivity contribution in [2.45, 2.75) is 367 Å². The van der Waals surface area contributed by atoms with E-state index in [1.165, 1.54) is 141 Å². The average molecular weight is 1750 g/mol.